The van der Waals surface area contributed by atoms with Crippen LogP contribution in [0.15, 0.2) is 18.2 Å². The number of carbonyl (C=O) groups excluding carboxylic acids is 1. The molecule has 0 saturated carbocycles. The molecule has 0 bridgehead atoms. The van der Waals surface area contributed by atoms with Crippen LogP contribution in [0.2, 0.25) is 0 Å². The lowest BCUT2D eigenvalue weighted by Gasteiger charge is -2.31. The summed E-state index contributed by atoms with van der Waals surface area (Å²) >= 11 is 0. The molecule has 1 aliphatic rings. The van der Waals surface area contributed by atoms with E-state index in [1.807, 2.05) is 0 Å². The monoisotopic (exact) mass is 294 g/mol. The number of nitrogens with one attached hydrogen (secondary N) is 1. The minimum atomic E-state index is -0.560. The number of ether oxygens (including phenoxy) is 1. The van der Waals surface area contributed by atoms with Gasteiger partial charge in [-0.05, 0) is 25.0 Å². The number of nitrogens with two attached hydrogens (primary N) is 1. The summed E-state index contributed by atoms with van der Waals surface area (Å²) in [5.74, 6) is 4.95. The van der Waals surface area contributed by atoms with Gasteiger partial charge in [-0.2, -0.15) is 0 Å². The van der Waals surface area contributed by atoms with Gasteiger partial charge in [0.1, 0.15) is 5.56 Å². The highest BCUT2D eigenvalue weighted by atomic mass is 16.6. The summed E-state index contributed by atoms with van der Waals surface area (Å²) in [6.07, 6.45) is 1.59. The molecular formula is C13H18N4O4. The fourth-order valence-corrected chi connectivity index (χ4v) is 2.42. The molecule has 1 aromatic carbocycles. The van der Waals surface area contributed by atoms with Crippen molar-refractivity contribution in [3.8, 4) is 0 Å². The highest BCUT2D eigenvalue weighted by molar-refractivity contribution is 5.99. The first kappa shape index (κ1) is 15.2. The summed E-state index contributed by atoms with van der Waals surface area (Å²) in [7, 11) is 1.64. The number of hydrogen-bond donors (Lipinski definition) is 2. The Hall–Kier alpha value is -2.19. The lowest BCUT2D eigenvalue weighted by molar-refractivity contribution is -0.385. The Bertz CT molecular complexity index is 541. The Morgan fingerprint density at radius 3 is 2.67 bits per heavy atom. The van der Waals surface area contributed by atoms with Crippen LogP contribution in [0, 0.1) is 10.1 Å². The molecule has 1 aromatic rings. The maximum atomic E-state index is 12.5. The quantitative estimate of drug-likeness (QED) is 0.489. The number of nitro groups is 1. The number of likely N-dealkylation sites (tertiary alicyclic amines) is 1. The molecule has 0 unspecified atom stereocenters. The molecule has 114 valence electrons. The van der Waals surface area contributed by atoms with Crippen molar-refractivity contribution < 1.29 is 14.5 Å². The second-order valence-electron chi connectivity index (χ2n) is 4.86. The summed E-state index contributed by atoms with van der Waals surface area (Å²) in [4.78, 5) is 24.6. The number of hydrogen-bond acceptors (Lipinski definition) is 6. The SMILES string of the molecule is COC1CCN(C(=O)c2cc(NN)ccc2[N+](=O)[O-])CC1. The third kappa shape index (κ3) is 3.29. The number of amides is 1. The van der Waals surface area contributed by atoms with Gasteiger partial charge in [-0.15, -0.1) is 0 Å². The molecule has 21 heavy (non-hydrogen) atoms. The summed E-state index contributed by atoms with van der Waals surface area (Å²) in [6.45, 7) is 1.05. The molecule has 0 spiro atoms. The summed E-state index contributed by atoms with van der Waals surface area (Å²) in [5, 5.41) is 11.1. The summed E-state index contributed by atoms with van der Waals surface area (Å²) in [6, 6.07) is 4.15. The van der Waals surface area contributed by atoms with Crippen molar-refractivity contribution >= 4 is 17.3 Å². The predicted molar refractivity (Wildman–Crippen MR) is 76.8 cm³/mol. The van der Waals surface area contributed by atoms with Crippen molar-refractivity contribution in [3.05, 3.63) is 33.9 Å². The van der Waals surface area contributed by atoms with Gasteiger partial charge in [-0.3, -0.25) is 20.8 Å². The van der Waals surface area contributed by atoms with Gasteiger partial charge in [-0.1, -0.05) is 0 Å². The molecule has 0 aromatic heterocycles. The Balaban J connectivity index is 2.23. The molecule has 3 N–H and O–H groups in total. The van der Waals surface area contributed by atoms with Crippen molar-refractivity contribution in [2.45, 2.75) is 18.9 Å². The van der Waals surface area contributed by atoms with Gasteiger partial charge in [0, 0.05) is 32.0 Å². The van der Waals surface area contributed by atoms with Crippen LogP contribution in [-0.4, -0.2) is 42.0 Å². The fraction of sp³-hybridized carbons (Fsp3) is 0.462. The Kier molecular flexibility index (Phi) is 4.71. The van der Waals surface area contributed by atoms with Gasteiger partial charge >= 0.3 is 0 Å². The maximum Gasteiger partial charge on any atom is 0.282 e. The minimum Gasteiger partial charge on any atom is -0.381 e. The van der Waals surface area contributed by atoms with E-state index >= 15 is 0 Å². The van der Waals surface area contributed by atoms with E-state index in [9.17, 15) is 14.9 Å². The number of nitro benzene ring substituents is 1. The first-order chi connectivity index (χ1) is 10.1. The Morgan fingerprint density at radius 2 is 2.14 bits per heavy atom. The predicted octanol–water partition coefficient (Wildman–Crippen LogP) is 1.13. The number of rotatable bonds is 4. The molecule has 1 heterocycles. The van der Waals surface area contributed by atoms with Gasteiger partial charge in [0.25, 0.3) is 11.6 Å². The van der Waals surface area contributed by atoms with Crippen molar-refractivity contribution in [1.29, 1.82) is 0 Å². The van der Waals surface area contributed by atoms with Gasteiger partial charge in [0.2, 0.25) is 0 Å². The van der Waals surface area contributed by atoms with Crippen LogP contribution in [0.4, 0.5) is 11.4 Å². The molecule has 8 heteroatoms. The van der Waals surface area contributed by atoms with E-state index < -0.39 is 4.92 Å². The van der Waals surface area contributed by atoms with Crippen LogP contribution in [-0.2, 0) is 4.74 Å². The standard InChI is InChI=1S/C13H18N4O4/c1-21-10-4-6-16(7-5-10)13(18)11-8-9(15-14)2-3-12(11)17(19)20/h2-3,8,10,15H,4-7,14H2,1H3. The van der Waals surface area contributed by atoms with E-state index in [1.165, 1.54) is 18.2 Å². The zero-order chi connectivity index (χ0) is 15.4. The zero-order valence-electron chi connectivity index (χ0n) is 11.7. The number of nitrogen functional groups attached to an aromatic ring is 1. The number of hydrazine groups is 1. The Labute approximate surface area is 122 Å². The van der Waals surface area contributed by atoms with E-state index in [-0.39, 0.29) is 23.3 Å². The van der Waals surface area contributed by atoms with Crippen LogP contribution in [0.1, 0.15) is 23.2 Å². The fourth-order valence-electron chi connectivity index (χ4n) is 2.42. The number of nitrogens with zero attached hydrogens (tertiary/aromatic N) is 2. The first-order valence-electron chi connectivity index (χ1n) is 6.64. The zero-order valence-corrected chi connectivity index (χ0v) is 11.7. The summed E-state index contributed by atoms with van der Waals surface area (Å²) in [5.41, 5.74) is 2.68. The number of methoxy groups -OCH3 is 1. The van der Waals surface area contributed by atoms with Crippen LogP contribution in [0.25, 0.3) is 0 Å². The van der Waals surface area contributed by atoms with Crippen molar-refractivity contribution in [2.24, 2.45) is 5.84 Å². The van der Waals surface area contributed by atoms with Crippen LogP contribution in [0.3, 0.4) is 0 Å². The third-order valence-corrected chi connectivity index (χ3v) is 3.65. The molecule has 2 rings (SSSR count). The topological polar surface area (TPSA) is 111 Å². The number of benzene rings is 1. The second-order valence-corrected chi connectivity index (χ2v) is 4.86. The second kappa shape index (κ2) is 6.51. The highest BCUT2D eigenvalue weighted by Gasteiger charge is 2.28. The van der Waals surface area contributed by atoms with Gasteiger partial charge in [0.15, 0.2) is 0 Å². The average Bonchev–Trinajstić information content (AvgIpc) is 2.53. The number of piperidine rings is 1. The molecule has 1 saturated heterocycles. The van der Waals surface area contributed by atoms with Crippen LogP contribution < -0.4 is 11.3 Å². The number of carbonyl (C=O) groups is 1. The van der Waals surface area contributed by atoms with E-state index in [0.717, 1.165) is 12.8 Å². The number of anilines is 1. The smallest absolute Gasteiger partial charge is 0.282 e. The molecule has 0 aliphatic carbocycles. The van der Waals surface area contributed by atoms with Gasteiger partial charge < -0.3 is 15.1 Å². The van der Waals surface area contributed by atoms with Crippen molar-refractivity contribution in [2.75, 3.05) is 25.6 Å². The highest BCUT2D eigenvalue weighted by Crippen LogP contribution is 2.25. The molecule has 1 amide bonds. The van der Waals surface area contributed by atoms with E-state index in [1.54, 1.807) is 12.0 Å². The lowest BCUT2D eigenvalue weighted by atomic mass is 10.1. The molecule has 1 aliphatic heterocycles. The maximum absolute atomic E-state index is 12.5. The Morgan fingerprint density at radius 1 is 1.48 bits per heavy atom. The van der Waals surface area contributed by atoms with E-state index in [0.29, 0.717) is 18.8 Å². The van der Waals surface area contributed by atoms with Crippen LogP contribution in [0.5, 0.6) is 0 Å². The molecule has 0 radical (unpaired) electrons. The lowest BCUT2D eigenvalue weighted by Crippen LogP contribution is -2.40. The largest absolute Gasteiger partial charge is 0.381 e. The normalized spacial score (nSPS) is 15.8. The summed E-state index contributed by atoms with van der Waals surface area (Å²) < 4.78 is 5.25. The molecular weight excluding hydrogens is 276 g/mol. The van der Waals surface area contributed by atoms with E-state index in [4.69, 9.17) is 10.6 Å². The average molecular weight is 294 g/mol. The molecule has 0 atom stereocenters. The third-order valence-electron chi connectivity index (χ3n) is 3.65. The van der Waals surface area contributed by atoms with Gasteiger partial charge in [-0.25, -0.2) is 0 Å². The van der Waals surface area contributed by atoms with Crippen molar-refractivity contribution in [1.82, 2.24) is 4.90 Å². The van der Waals surface area contributed by atoms with Crippen LogP contribution >= 0.6 is 0 Å². The van der Waals surface area contributed by atoms with Crippen molar-refractivity contribution in [3.63, 3.8) is 0 Å². The first-order valence-corrected chi connectivity index (χ1v) is 6.64. The van der Waals surface area contributed by atoms with Gasteiger partial charge in [0.05, 0.1) is 11.0 Å². The molecule has 8 nitrogen and oxygen atoms in total. The molecule has 1 fully saturated rings. The van der Waals surface area contributed by atoms with E-state index in [2.05, 4.69) is 5.43 Å². The minimum absolute atomic E-state index is 0.0475.